The van der Waals surface area contributed by atoms with E-state index in [1.165, 1.54) is 9.80 Å². The van der Waals surface area contributed by atoms with Crippen LogP contribution in [0.4, 0.5) is 28.0 Å². The summed E-state index contributed by atoms with van der Waals surface area (Å²) in [5.74, 6) is -2.30. The molecule has 8 nitrogen and oxygen atoms in total. The molecule has 0 bridgehead atoms. The van der Waals surface area contributed by atoms with E-state index in [0.717, 1.165) is 6.07 Å². The summed E-state index contributed by atoms with van der Waals surface area (Å²) in [6.45, 7) is 0.936. The number of hydrogen-bond acceptors (Lipinski definition) is 4. The third-order valence-corrected chi connectivity index (χ3v) is 6.17. The van der Waals surface area contributed by atoms with Gasteiger partial charge in [-0.3, -0.25) is 9.48 Å². The summed E-state index contributed by atoms with van der Waals surface area (Å²) in [6.07, 6.45) is -2.09. The Morgan fingerprint density at radius 1 is 1.26 bits per heavy atom. The number of urea groups is 1. The fourth-order valence-electron chi connectivity index (χ4n) is 4.26. The van der Waals surface area contributed by atoms with Crippen LogP contribution in [0.1, 0.15) is 21.7 Å². The van der Waals surface area contributed by atoms with E-state index in [-0.39, 0.29) is 35.6 Å². The number of alkyl halides is 2. The highest BCUT2D eigenvalue weighted by atomic mass is 35.5. The zero-order chi connectivity index (χ0) is 24.6. The Morgan fingerprint density at radius 3 is 2.76 bits per heavy atom. The SMILES string of the molecule is CN1CC(CNCC(F)F)Cn2nc3c(c2C1=O)CN(C(=O)Nc1cc(Cl)c(F)cc1F)CC3. The lowest BCUT2D eigenvalue weighted by Gasteiger charge is -2.27. The first-order valence-corrected chi connectivity index (χ1v) is 11.0. The summed E-state index contributed by atoms with van der Waals surface area (Å²) >= 11 is 5.69. The second kappa shape index (κ2) is 9.79. The zero-order valence-corrected chi connectivity index (χ0v) is 19.0. The molecular weight excluding hydrogens is 480 g/mol. The Bertz CT molecular complexity index is 1110. The number of carbonyl (C=O) groups is 2. The third kappa shape index (κ3) is 4.97. The quantitative estimate of drug-likeness (QED) is 0.486. The Hall–Kier alpha value is -2.86. The molecule has 0 fully saturated rings. The van der Waals surface area contributed by atoms with Gasteiger partial charge in [-0.25, -0.2) is 22.4 Å². The number of rotatable bonds is 5. The number of anilines is 1. The molecule has 13 heteroatoms. The maximum absolute atomic E-state index is 14.0. The van der Waals surface area contributed by atoms with Crippen molar-refractivity contribution in [3.05, 3.63) is 45.7 Å². The molecular formula is C21H23ClF4N6O2. The lowest BCUT2D eigenvalue weighted by Crippen LogP contribution is -2.40. The number of amides is 3. The van der Waals surface area contributed by atoms with Crippen LogP contribution < -0.4 is 10.6 Å². The summed E-state index contributed by atoms with van der Waals surface area (Å²) in [7, 11) is 1.63. The molecule has 1 atom stereocenters. The molecule has 1 unspecified atom stereocenters. The van der Waals surface area contributed by atoms with Crippen molar-refractivity contribution in [1.29, 1.82) is 0 Å². The number of nitrogens with one attached hydrogen (secondary N) is 2. The molecule has 0 aliphatic carbocycles. The van der Waals surface area contributed by atoms with Crippen LogP contribution in [0.25, 0.3) is 0 Å². The molecule has 3 amide bonds. The predicted molar refractivity (Wildman–Crippen MR) is 116 cm³/mol. The molecule has 0 saturated heterocycles. The number of halogens is 5. The molecule has 0 radical (unpaired) electrons. The second-order valence-electron chi connectivity index (χ2n) is 8.40. The topological polar surface area (TPSA) is 82.5 Å². The highest BCUT2D eigenvalue weighted by molar-refractivity contribution is 6.31. The summed E-state index contributed by atoms with van der Waals surface area (Å²) in [6, 6.07) is 0.951. The second-order valence-corrected chi connectivity index (χ2v) is 8.81. The van der Waals surface area contributed by atoms with Gasteiger partial charge in [-0.1, -0.05) is 11.6 Å². The van der Waals surface area contributed by atoms with Crippen molar-refractivity contribution in [2.24, 2.45) is 5.92 Å². The fourth-order valence-corrected chi connectivity index (χ4v) is 4.43. The van der Waals surface area contributed by atoms with Crippen LogP contribution in [0.2, 0.25) is 5.02 Å². The minimum atomic E-state index is -2.46. The van der Waals surface area contributed by atoms with Gasteiger partial charge in [0.05, 0.1) is 29.5 Å². The normalized spacial score (nSPS) is 18.1. The number of benzene rings is 1. The number of aromatic nitrogens is 2. The van der Waals surface area contributed by atoms with Crippen LogP contribution in [0, 0.1) is 17.6 Å². The van der Waals surface area contributed by atoms with E-state index in [1.54, 1.807) is 11.7 Å². The van der Waals surface area contributed by atoms with Crippen LogP contribution in [0.5, 0.6) is 0 Å². The molecule has 2 aromatic rings. The van der Waals surface area contributed by atoms with Gasteiger partial charge >= 0.3 is 6.03 Å². The van der Waals surface area contributed by atoms with Crippen LogP contribution in [-0.4, -0.2) is 71.2 Å². The van der Waals surface area contributed by atoms with Gasteiger partial charge in [0.2, 0.25) is 0 Å². The minimum Gasteiger partial charge on any atom is -0.340 e. The zero-order valence-electron chi connectivity index (χ0n) is 18.3. The molecule has 1 aromatic carbocycles. The molecule has 1 aromatic heterocycles. The van der Waals surface area contributed by atoms with Gasteiger partial charge < -0.3 is 20.4 Å². The van der Waals surface area contributed by atoms with Crippen molar-refractivity contribution in [2.75, 3.05) is 38.5 Å². The lowest BCUT2D eigenvalue weighted by molar-refractivity contribution is 0.0776. The van der Waals surface area contributed by atoms with Crippen LogP contribution >= 0.6 is 11.6 Å². The van der Waals surface area contributed by atoms with Crippen molar-refractivity contribution >= 4 is 29.2 Å². The molecule has 2 N–H and O–H groups in total. The van der Waals surface area contributed by atoms with E-state index < -0.39 is 30.6 Å². The predicted octanol–water partition coefficient (Wildman–Crippen LogP) is 2.96. The lowest BCUT2D eigenvalue weighted by atomic mass is 10.0. The first kappa shape index (κ1) is 24.3. The van der Waals surface area contributed by atoms with Gasteiger partial charge in [0, 0.05) is 57.2 Å². The number of carbonyl (C=O) groups excluding carboxylic acids is 2. The monoisotopic (exact) mass is 502 g/mol. The van der Waals surface area contributed by atoms with Gasteiger partial charge in [-0.05, 0) is 6.07 Å². The molecule has 0 saturated carbocycles. The average Bonchev–Trinajstić information content (AvgIpc) is 3.07. The third-order valence-electron chi connectivity index (χ3n) is 5.88. The number of fused-ring (bicyclic) bond motifs is 3. The Kier molecular flexibility index (Phi) is 6.99. The van der Waals surface area contributed by atoms with Crippen LogP contribution in [0.15, 0.2) is 12.1 Å². The summed E-state index contributed by atoms with van der Waals surface area (Å²) in [5.41, 5.74) is 1.36. The number of nitrogens with zero attached hydrogens (tertiary/aromatic N) is 4. The maximum Gasteiger partial charge on any atom is 0.322 e. The smallest absolute Gasteiger partial charge is 0.322 e. The Balaban J connectivity index is 1.52. The summed E-state index contributed by atoms with van der Waals surface area (Å²) in [4.78, 5) is 28.8. The van der Waals surface area contributed by atoms with Crippen molar-refractivity contribution in [2.45, 2.75) is 25.9 Å². The maximum atomic E-state index is 14.0. The van der Waals surface area contributed by atoms with Crippen molar-refractivity contribution in [3.8, 4) is 0 Å². The van der Waals surface area contributed by atoms with Gasteiger partial charge in [0.25, 0.3) is 12.3 Å². The largest absolute Gasteiger partial charge is 0.340 e. The van der Waals surface area contributed by atoms with E-state index in [4.69, 9.17) is 11.6 Å². The number of hydrogen-bond donors (Lipinski definition) is 2. The average molecular weight is 503 g/mol. The highest BCUT2D eigenvalue weighted by Crippen LogP contribution is 2.28. The molecule has 2 aliphatic heterocycles. The molecule has 184 valence electrons. The molecule has 34 heavy (non-hydrogen) atoms. The van der Waals surface area contributed by atoms with Crippen molar-refractivity contribution in [3.63, 3.8) is 0 Å². The highest BCUT2D eigenvalue weighted by Gasteiger charge is 2.34. The fraction of sp³-hybridized carbons (Fsp3) is 0.476. The van der Waals surface area contributed by atoms with Crippen molar-refractivity contribution < 1.29 is 27.2 Å². The van der Waals surface area contributed by atoms with E-state index in [9.17, 15) is 27.2 Å². The standard InChI is InChI=1S/C21H23ClF4N6O2/c1-30-8-11(6-27-7-18(25)26)9-32-19(20(30)33)12-10-31(3-2-16(12)29-32)21(34)28-17-4-13(22)14(23)5-15(17)24/h4-5,11,18,27H,2-3,6-10H2,1H3,(H,28,34). The van der Waals surface area contributed by atoms with Crippen molar-refractivity contribution in [1.82, 2.24) is 24.9 Å². The Morgan fingerprint density at radius 2 is 2.03 bits per heavy atom. The molecule has 3 heterocycles. The van der Waals surface area contributed by atoms with E-state index in [1.807, 2.05) is 0 Å². The van der Waals surface area contributed by atoms with Gasteiger partial charge in [0.1, 0.15) is 17.3 Å². The van der Waals surface area contributed by atoms with E-state index in [2.05, 4.69) is 15.7 Å². The van der Waals surface area contributed by atoms with Gasteiger partial charge in [-0.15, -0.1) is 0 Å². The minimum absolute atomic E-state index is 0.0704. The summed E-state index contributed by atoms with van der Waals surface area (Å²) in [5, 5.41) is 9.34. The first-order chi connectivity index (χ1) is 16.1. The first-order valence-electron chi connectivity index (χ1n) is 10.7. The van der Waals surface area contributed by atoms with Crippen LogP contribution in [0.3, 0.4) is 0 Å². The van der Waals surface area contributed by atoms with Gasteiger partial charge in [0.15, 0.2) is 0 Å². The Labute approximate surface area is 197 Å². The van der Waals surface area contributed by atoms with E-state index >= 15 is 0 Å². The van der Waals surface area contributed by atoms with Gasteiger partial charge in [-0.2, -0.15) is 5.10 Å². The van der Waals surface area contributed by atoms with E-state index in [0.29, 0.717) is 49.1 Å². The molecule has 0 spiro atoms. The van der Waals surface area contributed by atoms with Crippen LogP contribution in [-0.2, 0) is 19.5 Å². The molecule has 4 rings (SSSR count). The summed E-state index contributed by atoms with van der Waals surface area (Å²) < 4.78 is 54.0. The molecule has 2 aliphatic rings.